The molecule has 1 atom stereocenters. The average Bonchev–Trinajstić information content (AvgIpc) is 2.87. The molecule has 0 bridgehead atoms. The standard InChI is InChI=1S/C16H13BrFNS/c17-11-5-6-14(18)10(7-11)8-15(19)13-9-20-16-4-2-1-3-12(13)16/h1-7,9,15H,8,19H2. The second kappa shape index (κ2) is 5.64. The summed E-state index contributed by atoms with van der Waals surface area (Å²) in [6.45, 7) is 0. The molecule has 3 rings (SSSR count). The Morgan fingerprint density at radius 3 is 2.85 bits per heavy atom. The van der Waals surface area contributed by atoms with Crippen molar-refractivity contribution in [3.8, 4) is 0 Å². The number of halogens is 2. The van der Waals surface area contributed by atoms with Crippen LogP contribution in [0, 0.1) is 5.82 Å². The van der Waals surface area contributed by atoms with Crippen LogP contribution in [0.3, 0.4) is 0 Å². The van der Waals surface area contributed by atoms with Crippen LogP contribution in [0.5, 0.6) is 0 Å². The summed E-state index contributed by atoms with van der Waals surface area (Å²) in [7, 11) is 0. The van der Waals surface area contributed by atoms with Crippen molar-refractivity contribution in [2.45, 2.75) is 12.5 Å². The molecule has 1 heterocycles. The zero-order valence-corrected chi connectivity index (χ0v) is 13.0. The number of hydrogen-bond acceptors (Lipinski definition) is 2. The Hall–Kier alpha value is -1.23. The Morgan fingerprint density at radius 2 is 2.00 bits per heavy atom. The fourth-order valence-electron chi connectivity index (χ4n) is 2.33. The van der Waals surface area contributed by atoms with Crippen molar-refractivity contribution in [2.24, 2.45) is 5.73 Å². The van der Waals surface area contributed by atoms with Crippen molar-refractivity contribution in [2.75, 3.05) is 0 Å². The van der Waals surface area contributed by atoms with E-state index in [2.05, 4.69) is 33.4 Å². The molecule has 0 aliphatic rings. The van der Waals surface area contributed by atoms with E-state index in [4.69, 9.17) is 5.73 Å². The third-order valence-corrected chi connectivity index (χ3v) is 4.83. The second-order valence-corrected chi connectivity index (χ2v) is 6.56. The van der Waals surface area contributed by atoms with E-state index < -0.39 is 0 Å². The Labute approximate surface area is 129 Å². The van der Waals surface area contributed by atoms with Crippen LogP contribution in [0.25, 0.3) is 10.1 Å². The summed E-state index contributed by atoms with van der Waals surface area (Å²) in [6.07, 6.45) is 0.492. The predicted octanol–water partition coefficient (Wildman–Crippen LogP) is 5.05. The Balaban J connectivity index is 1.93. The molecule has 102 valence electrons. The summed E-state index contributed by atoms with van der Waals surface area (Å²) in [5.74, 6) is -0.205. The van der Waals surface area contributed by atoms with Crippen molar-refractivity contribution >= 4 is 37.4 Å². The van der Waals surface area contributed by atoms with Gasteiger partial charge < -0.3 is 5.73 Å². The molecule has 1 unspecified atom stereocenters. The lowest BCUT2D eigenvalue weighted by molar-refractivity contribution is 0.594. The van der Waals surface area contributed by atoms with Gasteiger partial charge in [0.2, 0.25) is 0 Å². The van der Waals surface area contributed by atoms with Crippen LogP contribution in [0.4, 0.5) is 4.39 Å². The van der Waals surface area contributed by atoms with E-state index in [-0.39, 0.29) is 11.9 Å². The number of fused-ring (bicyclic) bond motifs is 1. The van der Waals surface area contributed by atoms with Gasteiger partial charge in [-0.3, -0.25) is 0 Å². The molecule has 0 amide bonds. The Bertz CT molecular complexity index is 753. The van der Waals surface area contributed by atoms with Crippen LogP contribution in [-0.4, -0.2) is 0 Å². The van der Waals surface area contributed by atoms with Crippen molar-refractivity contribution in [1.29, 1.82) is 0 Å². The van der Waals surface area contributed by atoms with Crippen molar-refractivity contribution in [3.63, 3.8) is 0 Å². The van der Waals surface area contributed by atoms with Gasteiger partial charge in [0.15, 0.2) is 0 Å². The molecule has 20 heavy (non-hydrogen) atoms. The van der Waals surface area contributed by atoms with E-state index in [1.54, 1.807) is 23.5 Å². The fraction of sp³-hybridized carbons (Fsp3) is 0.125. The molecule has 0 radical (unpaired) electrons. The second-order valence-electron chi connectivity index (χ2n) is 4.73. The third kappa shape index (κ3) is 2.64. The van der Waals surface area contributed by atoms with Crippen LogP contribution in [0.1, 0.15) is 17.2 Å². The first-order chi connectivity index (χ1) is 9.65. The normalized spacial score (nSPS) is 12.8. The minimum Gasteiger partial charge on any atom is -0.324 e. The summed E-state index contributed by atoms with van der Waals surface area (Å²) < 4.78 is 15.9. The van der Waals surface area contributed by atoms with Gasteiger partial charge in [-0.05, 0) is 52.6 Å². The molecule has 0 saturated heterocycles. The number of nitrogens with two attached hydrogens (primary N) is 1. The molecule has 0 aliphatic heterocycles. The van der Waals surface area contributed by atoms with Gasteiger partial charge in [-0.2, -0.15) is 0 Å². The summed E-state index contributed by atoms with van der Waals surface area (Å²) >= 11 is 5.05. The number of thiophene rings is 1. The highest BCUT2D eigenvalue weighted by atomic mass is 79.9. The van der Waals surface area contributed by atoms with Crippen LogP contribution < -0.4 is 5.73 Å². The van der Waals surface area contributed by atoms with Crippen molar-refractivity contribution in [1.82, 2.24) is 0 Å². The molecule has 0 aliphatic carbocycles. The first kappa shape index (κ1) is 13.7. The number of hydrogen-bond donors (Lipinski definition) is 1. The molecule has 0 fully saturated rings. The van der Waals surface area contributed by atoms with E-state index in [1.165, 1.54) is 16.2 Å². The fourth-order valence-corrected chi connectivity index (χ4v) is 3.77. The van der Waals surface area contributed by atoms with Gasteiger partial charge in [0.25, 0.3) is 0 Å². The van der Waals surface area contributed by atoms with Gasteiger partial charge in [-0.15, -0.1) is 11.3 Å². The number of benzene rings is 2. The Kier molecular flexibility index (Phi) is 3.87. The first-order valence-corrected chi connectivity index (χ1v) is 7.98. The molecule has 3 aromatic rings. The topological polar surface area (TPSA) is 26.0 Å². The van der Waals surface area contributed by atoms with Crippen LogP contribution in [-0.2, 0) is 6.42 Å². The molecule has 1 nitrogen and oxygen atoms in total. The van der Waals surface area contributed by atoms with E-state index in [1.807, 2.05) is 12.1 Å². The molecular weight excluding hydrogens is 337 g/mol. The zero-order valence-electron chi connectivity index (χ0n) is 10.6. The maximum atomic E-state index is 13.8. The highest BCUT2D eigenvalue weighted by Gasteiger charge is 2.14. The van der Waals surface area contributed by atoms with Crippen LogP contribution in [0.2, 0.25) is 0 Å². The molecule has 0 saturated carbocycles. The lowest BCUT2D eigenvalue weighted by atomic mass is 9.99. The zero-order chi connectivity index (χ0) is 14.1. The van der Waals surface area contributed by atoms with E-state index in [9.17, 15) is 4.39 Å². The summed E-state index contributed by atoms with van der Waals surface area (Å²) in [4.78, 5) is 0. The monoisotopic (exact) mass is 349 g/mol. The van der Waals surface area contributed by atoms with Crippen LogP contribution in [0.15, 0.2) is 52.3 Å². The quantitative estimate of drug-likeness (QED) is 0.703. The molecular formula is C16H13BrFNS. The van der Waals surface area contributed by atoms with Crippen molar-refractivity contribution < 1.29 is 4.39 Å². The Morgan fingerprint density at radius 1 is 1.20 bits per heavy atom. The third-order valence-electron chi connectivity index (χ3n) is 3.36. The smallest absolute Gasteiger partial charge is 0.126 e. The van der Waals surface area contributed by atoms with Gasteiger partial charge in [0.05, 0.1) is 0 Å². The van der Waals surface area contributed by atoms with E-state index >= 15 is 0 Å². The first-order valence-electron chi connectivity index (χ1n) is 6.31. The van der Waals surface area contributed by atoms with Crippen LogP contribution >= 0.6 is 27.3 Å². The summed E-state index contributed by atoms with van der Waals surface area (Å²) in [6, 6.07) is 12.9. The molecule has 0 spiro atoms. The minimum atomic E-state index is -0.205. The average molecular weight is 350 g/mol. The predicted molar refractivity (Wildman–Crippen MR) is 86.6 cm³/mol. The maximum absolute atomic E-state index is 13.8. The largest absolute Gasteiger partial charge is 0.324 e. The SMILES string of the molecule is NC(Cc1cc(Br)ccc1F)c1csc2ccccc12. The minimum absolute atomic E-state index is 0.199. The van der Waals surface area contributed by atoms with Gasteiger partial charge >= 0.3 is 0 Å². The van der Waals surface area contributed by atoms with E-state index in [0.29, 0.717) is 12.0 Å². The molecule has 1 aromatic heterocycles. The van der Waals surface area contributed by atoms with Gasteiger partial charge in [-0.25, -0.2) is 4.39 Å². The summed E-state index contributed by atoms with van der Waals surface area (Å²) in [5, 5.41) is 3.24. The summed E-state index contributed by atoms with van der Waals surface area (Å²) in [5.41, 5.74) is 8.01. The molecule has 2 N–H and O–H groups in total. The van der Waals surface area contributed by atoms with Gasteiger partial charge in [-0.1, -0.05) is 34.1 Å². The maximum Gasteiger partial charge on any atom is 0.126 e. The molecule has 4 heteroatoms. The lowest BCUT2D eigenvalue weighted by Gasteiger charge is -2.12. The highest BCUT2D eigenvalue weighted by molar-refractivity contribution is 9.10. The molecule has 2 aromatic carbocycles. The number of rotatable bonds is 3. The highest BCUT2D eigenvalue weighted by Crippen LogP contribution is 2.31. The van der Waals surface area contributed by atoms with E-state index in [0.717, 1.165) is 10.0 Å². The lowest BCUT2D eigenvalue weighted by Crippen LogP contribution is -2.13. The van der Waals surface area contributed by atoms with Gasteiger partial charge in [0.1, 0.15) is 5.82 Å². The van der Waals surface area contributed by atoms with Crippen molar-refractivity contribution in [3.05, 3.63) is 69.3 Å². The van der Waals surface area contributed by atoms with Gasteiger partial charge in [0, 0.05) is 15.2 Å².